The van der Waals surface area contributed by atoms with Crippen LogP contribution in [0.3, 0.4) is 0 Å². The van der Waals surface area contributed by atoms with E-state index in [0.717, 1.165) is 18.5 Å². The zero-order valence-electron chi connectivity index (χ0n) is 12.7. The van der Waals surface area contributed by atoms with Gasteiger partial charge < -0.3 is 10.6 Å². The summed E-state index contributed by atoms with van der Waals surface area (Å²) < 4.78 is 0. The first-order valence-corrected chi connectivity index (χ1v) is 7.54. The molecule has 0 saturated carbocycles. The first-order chi connectivity index (χ1) is 9.92. The van der Waals surface area contributed by atoms with Gasteiger partial charge in [-0.1, -0.05) is 24.9 Å². The molecule has 0 bridgehead atoms. The monoisotopic (exact) mass is 311 g/mol. The molecular weight excluding hydrogens is 290 g/mol. The van der Waals surface area contributed by atoms with Gasteiger partial charge in [-0.25, -0.2) is 4.98 Å². The first-order valence-electron chi connectivity index (χ1n) is 7.16. The van der Waals surface area contributed by atoms with Crippen LogP contribution in [0.4, 0.5) is 0 Å². The minimum absolute atomic E-state index is 0.0790. The van der Waals surface area contributed by atoms with Gasteiger partial charge in [0.05, 0.1) is 0 Å². The molecule has 0 aliphatic heterocycles. The summed E-state index contributed by atoms with van der Waals surface area (Å²) in [5.74, 6) is -0.321. The number of aromatic nitrogens is 1. The highest BCUT2D eigenvalue weighted by Crippen LogP contribution is 2.12. The van der Waals surface area contributed by atoms with Crippen LogP contribution in [-0.2, 0) is 11.2 Å². The van der Waals surface area contributed by atoms with Crippen molar-refractivity contribution in [3.63, 3.8) is 0 Å². The zero-order valence-corrected chi connectivity index (χ0v) is 13.5. The Kier molecular flexibility index (Phi) is 7.15. The number of carbonyl (C=O) groups excluding carboxylic acids is 2. The molecule has 6 heteroatoms. The average Bonchev–Trinajstić information content (AvgIpc) is 2.37. The van der Waals surface area contributed by atoms with Crippen LogP contribution in [-0.4, -0.2) is 29.4 Å². The van der Waals surface area contributed by atoms with Gasteiger partial charge in [0.1, 0.15) is 5.15 Å². The summed E-state index contributed by atoms with van der Waals surface area (Å²) in [6.07, 6.45) is 1.96. The van der Waals surface area contributed by atoms with Gasteiger partial charge in [-0.15, -0.1) is 0 Å². The Balaban J connectivity index is 2.54. The van der Waals surface area contributed by atoms with E-state index in [1.165, 1.54) is 6.07 Å². The van der Waals surface area contributed by atoms with Crippen LogP contribution in [0.25, 0.3) is 0 Å². The van der Waals surface area contributed by atoms with Gasteiger partial charge in [-0.2, -0.15) is 0 Å². The molecule has 2 N–H and O–H groups in total. The Bertz CT molecular complexity index is 504. The SMILES string of the molecule is CCCc1cc(C(=O)NCCC(=O)NC(C)C)cc(Cl)n1. The Morgan fingerprint density at radius 3 is 2.67 bits per heavy atom. The maximum Gasteiger partial charge on any atom is 0.251 e. The normalized spacial score (nSPS) is 10.5. The molecule has 0 aliphatic rings. The molecule has 0 saturated heterocycles. The number of halogens is 1. The standard InChI is InChI=1S/C15H22ClN3O2/c1-4-5-12-8-11(9-13(16)19-12)15(21)17-7-6-14(20)18-10(2)3/h8-10H,4-7H2,1-3H3,(H,17,21)(H,18,20). The second-order valence-electron chi connectivity index (χ2n) is 5.15. The van der Waals surface area contributed by atoms with Crippen LogP contribution in [0.2, 0.25) is 5.15 Å². The van der Waals surface area contributed by atoms with Gasteiger partial charge in [0.2, 0.25) is 5.91 Å². The van der Waals surface area contributed by atoms with Crippen molar-refractivity contribution < 1.29 is 9.59 Å². The van der Waals surface area contributed by atoms with Crippen molar-refractivity contribution >= 4 is 23.4 Å². The van der Waals surface area contributed by atoms with E-state index >= 15 is 0 Å². The van der Waals surface area contributed by atoms with Crippen molar-refractivity contribution in [2.24, 2.45) is 0 Å². The van der Waals surface area contributed by atoms with E-state index in [-0.39, 0.29) is 24.3 Å². The third kappa shape index (κ3) is 6.58. The number of pyridine rings is 1. The number of rotatable bonds is 7. The maximum absolute atomic E-state index is 12.0. The molecular formula is C15H22ClN3O2. The lowest BCUT2D eigenvalue weighted by atomic mass is 10.1. The minimum Gasteiger partial charge on any atom is -0.354 e. The van der Waals surface area contributed by atoms with E-state index in [4.69, 9.17) is 11.6 Å². The molecule has 0 aromatic carbocycles. The second-order valence-corrected chi connectivity index (χ2v) is 5.54. The summed E-state index contributed by atoms with van der Waals surface area (Å²) in [5, 5.41) is 5.79. The molecule has 0 unspecified atom stereocenters. The lowest BCUT2D eigenvalue weighted by Gasteiger charge is -2.09. The molecule has 0 fully saturated rings. The number of aryl methyl sites for hydroxylation is 1. The fourth-order valence-electron chi connectivity index (χ4n) is 1.85. The van der Waals surface area contributed by atoms with Crippen molar-refractivity contribution in [2.75, 3.05) is 6.54 Å². The van der Waals surface area contributed by atoms with Crippen LogP contribution in [0.5, 0.6) is 0 Å². The Morgan fingerprint density at radius 1 is 1.33 bits per heavy atom. The van der Waals surface area contributed by atoms with Crippen molar-refractivity contribution in [3.05, 3.63) is 28.5 Å². The van der Waals surface area contributed by atoms with E-state index in [1.54, 1.807) is 6.07 Å². The number of nitrogens with one attached hydrogen (secondary N) is 2. The quantitative estimate of drug-likeness (QED) is 0.759. The number of amides is 2. The molecule has 21 heavy (non-hydrogen) atoms. The summed E-state index contributed by atoms with van der Waals surface area (Å²) in [6, 6.07) is 3.37. The highest BCUT2D eigenvalue weighted by molar-refractivity contribution is 6.29. The molecule has 2 amide bonds. The van der Waals surface area contributed by atoms with Gasteiger partial charge in [0.25, 0.3) is 5.91 Å². The lowest BCUT2D eigenvalue weighted by Crippen LogP contribution is -2.34. The third-order valence-corrected chi connectivity index (χ3v) is 2.90. The highest BCUT2D eigenvalue weighted by atomic mass is 35.5. The molecule has 5 nitrogen and oxygen atoms in total. The predicted octanol–water partition coefficient (Wildman–Crippen LogP) is 2.33. The smallest absolute Gasteiger partial charge is 0.251 e. The molecule has 0 aliphatic carbocycles. The minimum atomic E-state index is -0.242. The Morgan fingerprint density at radius 2 is 2.05 bits per heavy atom. The fourth-order valence-corrected chi connectivity index (χ4v) is 2.08. The van der Waals surface area contributed by atoms with Gasteiger partial charge in [0.15, 0.2) is 0 Å². The van der Waals surface area contributed by atoms with Crippen molar-refractivity contribution in [2.45, 2.75) is 46.1 Å². The zero-order chi connectivity index (χ0) is 15.8. The van der Waals surface area contributed by atoms with Gasteiger partial charge >= 0.3 is 0 Å². The van der Waals surface area contributed by atoms with Crippen LogP contribution >= 0.6 is 11.6 Å². The van der Waals surface area contributed by atoms with E-state index in [9.17, 15) is 9.59 Å². The number of nitrogens with zero attached hydrogens (tertiary/aromatic N) is 1. The van der Waals surface area contributed by atoms with E-state index in [2.05, 4.69) is 15.6 Å². The third-order valence-electron chi connectivity index (χ3n) is 2.70. The molecule has 1 rings (SSSR count). The predicted molar refractivity (Wildman–Crippen MR) is 83.5 cm³/mol. The van der Waals surface area contributed by atoms with Gasteiger partial charge in [0, 0.05) is 30.3 Å². The van der Waals surface area contributed by atoms with Crippen molar-refractivity contribution in [1.82, 2.24) is 15.6 Å². The summed E-state index contributed by atoms with van der Waals surface area (Å²) in [4.78, 5) is 27.7. The van der Waals surface area contributed by atoms with Crippen molar-refractivity contribution in [1.29, 1.82) is 0 Å². The Labute approximate surface area is 130 Å². The molecule has 1 aromatic rings. The van der Waals surface area contributed by atoms with Crippen LogP contribution in [0.1, 0.15) is 49.7 Å². The molecule has 1 heterocycles. The van der Waals surface area contributed by atoms with Crippen LogP contribution in [0.15, 0.2) is 12.1 Å². The van der Waals surface area contributed by atoms with E-state index < -0.39 is 0 Å². The van der Waals surface area contributed by atoms with E-state index in [0.29, 0.717) is 17.3 Å². The molecule has 0 radical (unpaired) electrons. The summed E-state index contributed by atoms with van der Waals surface area (Å²) in [7, 11) is 0. The van der Waals surface area contributed by atoms with Crippen LogP contribution < -0.4 is 10.6 Å². The summed E-state index contributed by atoms with van der Waals surface area (Å²) >= 11 is 5.92. The largest absolute Gasteiger partial charge is 0.354 e. The molecule has 1 aromatic heterocycles. The van der Waals surface area contributed by atoms with Crippen LogP contribution in [0, 0.1) is 0 Å². The van der Waals surface area contributed by atoms with Gasteiger partial charge in [-0.05, 0) is 32.4 Å². The topological polar surface area (TPSA) is 71.1 Å². The summed E-state index contributed by atoms with van der Waals surface area (Å²) in [6.45, 7) is 6.12. The molecule has 0 atom stereocenters. The highest BCUT2D eigenvalue weighted by Gasteiger charge is 2.10. The van der Waals surface area contributed by atoms with Crippen molar-refractivity contribution in [3.8, 4) is 0 Å². The molecule has 116 valence electrons. The number of carbonyl (C=O) groups is 2. The second kappa shape index (κ2) is 8.62. The number of hydrogen-bond donors (Lipinski definition) is 2. The Hall–Kier alpha value is -1.62. The van der Waals surface area contributed by atoms with Gasteiger partial charge in [-0.3, -0.25) is 9.59 Å². The number of hydrogen-bond acceptors (Lipinski definition) is 3. The fraction of sp³-hybridized carbons (Fsp3) is 0.533. The lowest BCUT2D eigenvalue weighted by molar-refractivity contribution is -0.121. The maximum atomic E-state index is 12.0. The average molecular weight is 312 g/mol. The molecule has 0 spiro atoms. The summed E-state index contributed by atoms with van der Waals surface area (Å²) in [5.41, 5.74) is 1.27. The van der Waals surface area contributed by atoms with E-state index in [1.807, 2.05) is 20.8 Å². The first kappa shape index (κ1) is 17.4.